The molecule has 0 amide bonds. The Balaban J connectivity index is 2.48. The lowest BCUT2D eigenvalue weighted by Crippen LogP contribution is -2.08. The lowest BCUT2D eigenvalue weighted by Gasteiger charge is -2.02. The van der Waals surface area contributed by atoms with Gasteiger partial charge in [-0.2, -0.15) is 0 Å². The highest BCUT2D eigenvalue weighted by Gasteiger charge is 2.07. The number of hydrogen-bond donors (Lipinski definition) is 1. The average molecular weight is 226 g/mol. The van der Waals surface area contributed by atoms with Crippen LogP contribution in [0.15, 0.2) is 51.9 Å². The summed E-state index contributed by atoms with van der Waals surface area (Å²) in [5, 5.41) is 11.6. The van der Waals surface area contributed by atoms with E-state index in [9.17, 15) is 4.79 Å². The molecular formula is C14H10O3. The number of hydrogen-bond acceptors (Lipinski definition) is 3. The first kappa shape index (κ1) is 10.1. The maximum Gasteiger partial charge on any atom is 0.198 e. The van der Waals surface area contributed by atoms with Gasteiger partial charge in [0.1, 0.15) is 11.8 Å². The Morgan fingerprint density at radius 1 is 1.12 bits per heavy atom. The minimum Gasteiger partial charge on any atom is -0.464 e. The van der Waals surface area contributed by atoms with E-state index in [-0.39, 0.29) is 17.6 Å². The van der Waals surface area contributed by atoms with Gasteiger partial charge < -0.3 is 9.52 Å². The number of fused-ring (bicyclic) bond motifs is 2. The van der Waals surface area contributed by atoms with Crippen LogP contribution in [-0.4, -0.2) is 5.11 Å². The van der Waals surface area contributed by atoms with Crippen LogP contribution < -0.4 is 5.43 Å². The highest BCUT2D eigenvalue weighted by atomic mass is 16.3. The molecule has 17 heavy (non-hydrogen) atoms. The molecule has 84 valence electrons. The minimum absolute atomic E-state index is 0.167. The molecule has 0 radical (unpaired) electrons. The predicted octanol–water partition coefficient (Wildman–Crippen LogP) is 2.44. The molecule has 3 aromatic rings. The maximum absolute atomic E-state index is 12.0. The van der Waals surface area contributed by atoms with E-state index >= 15 is 0 Å². The van der Waals surface area contributed by atoms with Gasteiger partial charge >= 0.3 is 0 Å². The van der Waals surface area contributed by atoms with Gasteiger partial charge in [0.2, 0.25) is 0 Å². The molecule has 1 aromatic heterocycles. The fraction of sp³-hybridized carbons (Fsp3) is 0.0714. The Hall–Kier alpha value is -2.13. The predicted molar refractivity (Wildman–Crippen MR) is 65.9 cm³/mol. The third-order valence-electron chi connectivity index (χ3n) is 2.88. The highest BCUT2D eigenvalue weighted by Crippen LogP contribution is 2.20. The van der Waals surface area contributed by atoms with Crippen molar-refractivity contribution in [3.63, 3.8) is 0 Å². The Labute approximate surface area is 96.9 Å². The van der Waals surface area contributed by atoms with Crippen LogP contribution >= 0.6 is 0 Å². The van der Waals surface area contributed by atoms with Crippen molar-refractivity contribution in [1.82, 2.24) is 0 Å². The van der Waals surface area contributed by atoms with Crippen LogP contribution in [0, 0.1) is 0 Å². The standard InChI is InChI=1S/C14H10O3/c15-7-11-8-17-13-6-10-4-2-1-3-9(10)5-12(13)14(11)16/h1-6,8,15H,7H2. The van der Waals surface area contributed by atoms with Crippen LogP contribution in [0.2, 0.25) is 0 Å². The second-order valence-electron chi connectivity index (χ2n) is 3.94. The summed E-state index contributed by atoms with van der Waals surface area (Å²) in [5.74, 6) is 0. The first-order valence-electron chi connectivity index (χ1n) is 5.33. The molecule has 0 saturated carbocycles. The van der Waals surface area contributed by atoms with E-state index in [1.807, 2.05) is 30.3 Å². The van der Waals surface area contributed by atoms with Gasteiger partial charge in [-0.3, -0.25) is 4.79 Å². The Morgan fingerprint density at radius 3 is 2.53 bits per heavy atom. The summed E-state index contributed by atoms with van der Waals surface area (Å²) in [4.78, 5) is 12.0. The lowest BCUT2D eigenvalue weighted by molar-refractivity contribution is 0.277. The monoisotopic (exact) mass is 226 g/mol. The van der Waals surface area contributed by atoms with Crippen molar-refractivity contribution in [3.05, 3.63) is 58.4 Å². The zero-order valence-electron chi connectivity index (χ0n) is 9.01. The molecule has 1 N–H and O–H groups in total. The van der Waals surface area contributed by atoms with Gasteiger partial charge in [-0.25, -0.2) is 0 Å². The van der Waals surface area contributed by atoms with Gasteiger partial charge in [-0.05, 0) is 22.9 Å². The fourth-order valence-electron chi connectivity index (χ4n) is 1.96. The van der Waals surface area contributed by atoms with E-state index in [0.29, 0.717) is 11.0 Å². The Morgan fingerprint density at radius 2 is 1.82 bits per heavy atom. The normalized spacial score (nSPS) is 11.1. The van der Waals surface area contributed by atoms with Gasteiger partial charge in [0.15, 0.2) is 5.43 Å². The molecule has 0 fully saturated rings. The van der Waals surface area contributed by atoms with Crippen LogP contribution in [0.1, 0.15) is 5.56 Å². The van der Waals surface area contributed by atoms with Crippen molar-refractivity contribution in [1.29, 1.82) is 0 Å². The molecule has 0 spiro atoms. The quantitative estimate of drug-likeness (QED) is 0.648. The lowest BCUT2D eigenvalue weighted by atomic mass is 10.1. The van der Waals surface area contributed by atoms with E-state index in [1.54, 1.807) is 6.07 Å². The SMILES string of the molecule is O=c1c(CO)coc2cc3ccccc3cc12. The van der Waals surface area contributed by atoms with E-state index in [0.717, 1.165) is 10.8 Å². The molecule has 3 rings (SSSR count). The van der Waals surface area contributed by atoms with Crippen molar-refractivity contribution in [2.24, 2.45) is 0 Å². The van der Waals surface area contributed by atoms with Crippen LogP contribution in [0.5, 0.6) is 0 Å². The van der Waals surface area contributed by atoms with Crippen LogP contribution in [0.4, 0.5) is 0 Å². The summed E-state index contributed by atoms with van der Waals surface area (Å²) in [6.45, 7) is -0.300. The van der Waals surface area contributed by atoms with Crippen molar-refractivity contribution in [3.8, 4) is 0 Å². The summed E-state index contributed by atoms with van der Waals surface area (Å²) in [7, 11) is 0. The van der Waals surface area contributed by atoms with Crippen LogP contribution in [-0.2, 0) is 6.61 Å². The molecule has 0 aliphatic rings. The summed E-state index contributed by atoms with van der Waals surface area (Å²) < 4.78 is 5.36. The first-order valence-corrected chi connectivity index (χ1v) is 5.33. The second-order valence-corrected chi connectivity index (χ2v) is 3.94. The second kappa shape index (κ2) is 3.71. The van der Waals surface area contributed by atoms with Gasteiger partial charge in [0, 0.05) is 0 Å². The molecule has 2 aromatic carbocycles. The zero-order valence-corrected chi connectivity index (χ0v) is 9.01. The van der Waals surface area contributed by atoms with Gasteiger partial charge in [-0.15, -0.1) is 0 Å². The van der Waals surface area contributed by atoms with E-state index in [4.69, 9.17) is 9.52 Å². The summed E-state index contributed by atoms with van der Waals surface area (Å²) in [5.41, 5.74) is 0.665. The largest absolute Gasteiger partial charge is 0.464 e. The van der Waals surface area contributed by atoms with E-state index in [2.05, 4.69) is 0 Å². The van der Waals surface area contributed by atoms with Crippen molar-refractivity contribution in [2.75, 3.05) is 0 Å². The molecule has 0 bridgehead atoms. The van der Waals surface area contributed by atoms with Crippen molar-refractivity contribution in [2.45, 2.75) is 6.61 Å². The average Bonchev–Trinajstić information content (AvgIpc) is 2.37. The van der Waals surface area contributed by atoms with Crippen molar-refractivity contribution >= 4 is 21.7 Å². The maximum atomic E-state index is 12.0. The summed E-state index contributed by atoms with van der Waals surface area (Å²) >= 11 is 0. The molecular weight excluding hydrogens is 216 g/mol. The molecule has 3 heteroatoms. The molecule has 0 aliphatic carbocycles. The highest BCUT2D eigenvalue weighted by molar-refractivity contribution is 5.95. The van der Waals surface area contributed by atoms with Crippen LogP contribution in [0.3, 0.4) is 0 Å². The first-order chi connectivity index (χ1) is 8.29. The molecule has 0 atom stereocenters. The molecule has 0 unspecified atom stereocenters. The van der Waals surface area contributed by atoms with Crippen molar-refractivity contribution < 1.29 is 9.52 Å². The molecule has 0 saturated heterocycles. The van der Waals surface area contributed by atoms with Gasteiger partial charge in [0.25, 0.3) is 0 Å². The molecule has 0 aliphatic heterocycles. The van der Waals surface area contributed by atoms with Gasteiger partial charge in [0.05, 0.1) is 17.6 Å². The molecule has 3 nitrogen and oxygen atoms in total. The topological polar surface area (TPSA) is 50.4 Å². The summed E-state index contributed by atoms with van der Waals surface area (Å²) in [6.07, 6.45) is 1.32. The molecule has 1 heterocycles. The number of rotatable bonds is 1. The van der Waals surface area contributed by atoms with Crippen LogP contribution in [0.25, 0.3) is 21.7 Å². The Bertz CT molecular complexity index is 756. The Kier molecular flexibility index (Phi) is 2.20. The van der Waals surface area contributed by atoms with Gasteiger partial charge in [-0.1, -0.05) is 24.3 Å². The van der Waals surface area contributed by atoms with E-state index in [1.165, 1.54) is 6.26 Å². The minimum atomic E-state index is -0.300. The number of benzene rings is 2. The third kappa shape index (κ3) is 1.52. The van der Waals surface area contributed by atoms with E-state index < -0.39 is 0 Å². The number of aliphatic hydroxyl groups excluding tert-OH is 1. The smallest absolute Gasteiger partial charge is 0.198 e. The number of aliphatic hydroxyl groups is 1. The zero-order chi connectivity index (χ0) is 11.8. The fourth-order valence-corrected chi connectivity index (χ4v) is 1.96. The third-order valence-corrected chi connectivity index (χ3v) is 2.88. The summed E-state index contributed by atoms with van der Waals surface area (Å²) in [6, 6.07) is 11.4.